The van der Waals surface area contributed by atoms with Crippen molar-refractivity contribution in [3.63, 3.8) is 0 Å². The summed E-state index contributed by atoms with van der Waals surface area (Å²) in [5.41, 5.74) is 6.99. The van der Waals surface area contributed by atoms with Crippen LogP contribution in [0.3, 0.4) is 0 Å². The van der Waals surface area contributed by atoms with Gasteiger partial charge in [0, 0.05) is 25.7 Å². The second-order valence-corrected chi connectivity index (χ2v) is 6.20. The summed E-state index contributed by atoms with van der Waals surface area (Å²) in [5.74, 6) is 0.147. The van der Waals surface area contributed by atoms with E-state index in [0.717, 1.165) is 32.4 Å². The highest BCUT2D eigenvalue weighted by Gasteiger charge is 2.17. The molecule has 1 aliphatic carbocycles. The Hall–Kier alpha value is -1.10. The van der Waals surface area contributed by atoms with Gasteiger partial charge in [-0.3, -0.25) is 9.69 Å². The van der Waals surface area contributed by atoms with Crippen LogP contribution in [0.5, 0.6) is 0 Å². The summed E-state index contributed by atoms with van der Waals surface area (Å²) >= 11 is 0. The molecular formula is C18H30ClN3O. The van der Waals surface area contributed by atoms with Crippen LogP contribution in [0.1, 0.15) is 37.7 Å². The van der Waals surface area contributed by atoms with Crippen LogP contribution in [0.25, 0.3) is 0 Å². The minimum atomic E-state index is 0. The lowest BCUT2D eigenvalue weighted by Gasteiger charge is -2.25. The van der Waals surface area contributed by atoms with Gasteiger partial charge in [0.1, 0.15) is 0 Å². The summed E-state index contributed by atoms with van der Waals surface area (Å²) in [4.78, 5) is 14.4. The number of rotatable bonds is 8. The van der Waals surface area contributed by atoms with Gasteiger partial charge in [0.2, 0.25) is 5.91 Å². The smallest absolute Gasteiger partial charge is 0.234 e. The number of halogens is 1. The Morgan fingerprint density at radius 2 is 1.83 bits per heavy atom. The predicted octanol–water partition coefficient (Wildman–Crippen LogP) is 2.36. The molecule has 1 fully saturated rings. The average Bonchev–Trinajstić information content (AvgIpc) is 2.55. The lowest BCUT2D eigenvalue weighted by molar-refractivity contribution is -0.123. The summed E-state index contributed by atoms with van der Waals surface area (Å²) < 4.78 is 0. The molecule has 0 radical (unpaired) electrons. The molecule has 0 bridgehead atoms. The molecule has 5 heteroatoms. The van der Waals surface area contributed by atoms with Crippen molar-refractivity contribution in [1.82, 2.24) is 10.2 Å². The molecule has 1 aliphatic rings. The first-order valence-electron chi connectivity index (χ1n) is 8.53. The first-order chi connectivity index (χ1) is 10.8. The van der Waals surface area contributed by atoms with Crippen LogP contribution in [-0.2, 0) is 11.2 Å². The summed E-state index contributed by atoms with van der Waals surface area (Å²) in [5, 5.41) is 3.18. The lowest BCUT2D eigenvalue weighted by atomic mass is 9.95. The van der Waals surface area contributed by atoms with Crippen LogP contribution in [0.4, 0.5) is 0 Å². The molecule has 0 atom stereocenters. The molecule has 2 rings (SSSR count). The molecule has 1 amide bonds. The summed E-state index contributed by atoms with van der Waals surface area (Å²) in [6.07, 6.45) is 7.01. The maximum absolute atomic E-state index is 12.2. The summed E-state index contributed by atoms with van der Waals surface area (Å²) in [6.45, 7) is 2.69. The van der Waals surface area contributed by atoms with Crippen molar-refractivity contribution in [2.24, 2.45) is 5.73 Å². The van der Waals surface area contributed by atoms with E-state index in [-0.39, 0.29) is 18.3 Å². The molecule has 1 aromatic rings. The number of hydrogen-bond acceptors (Lipinski definition) is 3. The third-order valence-electron chi connectivity index (χ3n) is 4.34. The van der Waals surface area contributed by atoms with E-state index >= 15 is 0 Å². The van der Waals surface area contributed by atoms with E-state index in [1.165, 1.54) is 24.8 Å². The lowest BCUT2D eigenvalue weighted by Crippen LogP contribution is -2.44. The highest BCUT2D eigenvalue weighted by Crippen LogP contribution is 2.17. The largest absolute Gasteiger partial charge is 0.352 e. The van der Waals surface area contributed by atoms with Crippen molar-refractivity contribution < 1.29 is 4.79 Å². The van der Waals surface area contributed by atoms with E-state index in [4.69, 9.17) is 5.73 Å². The van der Waals surface area contributed by atoms with E-state index in [0.29, 0.717) is 19.1 Å². The number of benzene rings is 1. The molecule has 0 unspecified atom stereocenters. The molecule has 0 aliphatic heterocycles. The van der Waals surface area contributed by atoms with Crippen LogP contribution < -0.4 is 11.1 Å². The van der Waals surface area contributed by atoms with Crippen LogP contribution in [0.15, 0.2) is 30.3 Å². The number of carbonyl (C=O) groups is 1. The highest BCUT2D eigenvalue weighted by atomic mass is 35.5. The van der Waals surface area contributed by atoms with Gasteiger partial charge in [0.05, 0.1) is 6.54 Å². The van der Waals surface area contributed by atoms with Gasteiger partial charge in [-0.15, -0.1) is 12.4 Å². The zero-order valence-corrected chi connectivity index (χ0v) is 14.7. The van der Waals surface area contributed by atoms with Gasteiger partial charge in [-0.25, -0.2) is 0 Å². The van der Waals surface area contributed by atoms with Crippen LogP contribution >= 0.6 is 12.4 Å². The van der Waals surface area contributed by atoms with Crippen LogP contribution in [-0.4, -0.2) is 43.0 Å². The number of carbonyl (C=O) groups excluding carboxylic acids is 1. The Kier molecular flexibility index (Phi) is 9.92. The molecule has 130 valence electrons. The summed E-state index contributed by atoms with van der Waals surface area (Å²) in [6, 6.07) is 10.8. The minimum absolute atomic E-state index is 0. The first kappa shape index (κ1) is 19.9. The van der Waals surface area contributed by atoms with Gasteiger partial charge in [-0.2, -0.15) is 0 Å². The molecule has 3 N–H and O–H groups in total. The van der Waals surface area contributed by atoms with Crippen LogP contribution in [0, 0.1) is 0 Å². The normalized spacial score (nSPS) is 15.2. The van der Waals surface area contributed by atoms with Gasteiger partial charge in [0.25, 0.3) is 0 Å². The maximum atomic E-state index is 12.2. The molecule has 23 heavy (non-hydrogen) atoms. The standard InChI is InChI=1S/C18H29N3O.ClH/c19-12-14-21(13-11-16-7-3-1-4-8-16)15-18(22)20-17-9-5-2-6-10-17;/h1,3-4,7-8,17H,2,5-6,9-15,19H2,(H,20,22);1H. The number of amides is 1. The Balaban J connectivity index is 0.00000264. The van der Waals surface area contributed by atoms with Crippen molar-refractivity contribution in [3.05, 3.63) is 35.9 Å². The monoisotopic (exact) mass is 339 g/mol. The average molecular weight is 340 g/mol. The Bertz CT molecular complexity index is 435. The molecule has 1 aromatic carbocycles. The van der Waals surface area contributed by atoms with E-state index in [2.05, 4.69) is 34.5 Å². The molecule has 0 spiro atoms. The SMILES string of the molecule is Cl.NCCN(CCc1ccccc1)CC(=O)NC1CCCCC1. The minimum Gasteiger partial charge on any atom is -0.352 e. The van der Waals surface area contributed by atoms with Crippen molar-refractivity contribution in [1.29, 1.82) is 0 Å². The third kappa shape index (κ3) is 7.82. The van der Waals surface area contributed by atoms with Crippen molar-refractivity contribution >= 4 is 18.3 Å². The van der Waals surface area contributed by atoms with Gasteiger partial charge in [-0.1, -0.05) is 49.6 Å². The second kappa shape index (κ2) is 11.4. The van der Waals surface area contributed by atoms with E-state index in [1.54, 1.807) is 0 Å². The fourth-order valence-electron chi connectivity index (χ4n) is 3.11. The van der Waals surface area contributed by atoms with Gasteiger partial charge >= 0.3 is 0 Å². The van der Waals surface area contributed by atoms with E-state index in [9.17, 15) is 4.79 Å². The molecule has 0 saturated heterocycles. The van der Waals surface area contributed by atoms with E-state index in [1.807, 2.05) is 6.07 Å². The Morgan fingerprint density at radius 1 is 1.13 bits per heavy atom. The van der Waals surface area contributed by atoms with Crippen molar-refractivity contribution in [2.45, 2.75) is 44.6 Å². The Morgan fingerprint density at radius 3 is 2.48 bits per heavy atom. The second-order valence-electron chi connectivity index (χ2n) is 6.20. The fourth-order valence-corrected chi connectivity index (χ4v) is 3.11. The molecule has 1 saturated carbocycles. The molecule has 0 aromatic heterocycles. The van der Waals surface area contributed by atoms with Gasteiger partial charge in [-0.05, 0) is 24.8 Å². The number of hydrogen-bond donors (Lipinski definition) is 2. The zero-order valence-electron chi connectivity index (χ0n) is 13.9. The summed E-state index contributed by atoms with van der Waals surface area (Å²) in [7, 11) is 0. The number of nitrogens with two attached hydrogens (primary N) is 1. The van der Waals surface area contributed by atoms with Gasteiger partial charge in [0.15, 0.2) is 0 Å². The molecule has 0 heterocycles. The predicted molar refractivity (Wildman–Crippen MR) is 97.9 cm³/mol. The maximum Gasteiger partial charge on any atom is 0.234 e. The van der Waals surface area contributed by atoms with Crippen molar-refractivity contribution in [2.75, 3.05) is 26.2 Å². The zero-order chi connectivity index (χ0) is 15.6. The van der Waals surface area contributed by atoms with Crippen molar-refractivity contribution in [3.8, 4) is 0 Å². The first-order valence-corrected chi connectivity index (χ1v) is 8.53. The highest BCUT2D eigenvalue weighted by molar-refractivity contribution is 5.85. The van der Waals surface area contributed by atoms with E-state index < -0.39 is 0 Å². The fraction of sp³-hybridized carbons (Fsp3) is 0.611. The quantitative estimate of drug-likeness (QED) is 0.764. The third-order valence-corrected chi connectivity index (χ3v) is 4.34. The topological polar surface area (TPSA) is 58.4 Å². The molecular weight excluding hydrogens is 310 g/mol. The number of nitrogens with one attached hydrogen (secondary N) is 1. The number of nitrogens with zero attached hydrogens (tertiary/aromatic N) is 1. The van der Waals surface area contributed by atoms with Crippen LogP contribution in [0.2, 0.25) is 0 Å². The molecule has 4 nitrogen and oxygen atoms in total. The van der Waals surface area contributed by atoms with Gasteiger partial charge < -0.3 is 11.1 Å². The Labute approximate surface area is 146 Å².